The third-order valence-corrected chi connectivity index (χ3v) is 13.5. The number of unbranched alkanes of at least 4 members (excludes halogenated alkanes) is 35. The van der Waals surface area contributed by atoms with Gasteiger partial charge in [0.15, 0.2) is 6.10 Å². The van der Waals surface area contributed by atoms with Crippen LogP contribution in [0.2, 0.25) is 0 Å². The summed E-state index contributed by atoms with van der Waals surface area (Å²) in [6.45, 7) is 6.50. The van der Waals surface area contributed by atoms with Crippen LogP contribution in [0.5, 0.6) is 0 Å². The van der Waals surface area contributed by atoms with Gasteiger partial charge in [-0.05, 0) is 77.0 Å². The molecule has 0 aromatic carbocycles. The first kappa shape index (κ1) is 68.1. The summed E-state index contributed by atoms with van der Waals surface area (Å²) >= 11 is 0. The van der Waals surface area contributed by atoms with Gasteiger partial charge in [0.25, 0.3) is 0 Å². The van der Waals surface area contributed by atoms with Crippen molar-refractivity contribution in [3.63, 3.8) is 0 Å². The van der Waals surface area contributed by atoms with E-state index < -0.39 is 6.10 Å². The summed E-state index contributed by atoms with van der Waals surface area (Å²) < 4.78 is 16.9. The van der Waals surface area contributed by atoms with Crippen LogP contribution in [-0.4, -0.2) is 37.2 Å². The van der Waals surface area contributed by atoms with Gasteiger partial charge in [0.05, 0.1) is 0 Å². The second kappa shape index (κ2) is 59.7. The molecule has 0 aliphatic heterocycles. The maximum atomic E-state index is 12.9. The second-order valence-corrected chi connectivity index (χ2v) is 20.6. The molecule has 0 amide bonds. The normalized spacial score (nSPS) is 12.4. The second-order valence-electron chi connectivity index (χ2n) is 20.6. The summed E-state index contributed by atoms with van der Waals surface area (Å²) in [5.74, 6) is -0.875. The Morgan fingerprint density at radius 2 is 0.577 bits per heavy atom. The molecule has 0 saturated carbocycles. The molecule has 1 atom stereocenters. The van der Waals surface area contributed by atoms with Gasteiger partial charge in [0.2, 0.25) is 0 Å². The van der Waals surface area contributed by atoms with Crippen LogP contribution in [0.25, 0.3) is 0 Å². The molecule has 0 rings (SSSR count). The number of carbonyl (C=O) groups excluding carboxylic acids is 3. The van der Waals surface area contributed by atoms with Crippen LogP contribution >= 0.6 is 0 Å². The minimum absolute atomic E-state index is 0.0761. The molecule has 0 N–H and O–H groups in total. The van der Waals surface area contributed by atoms with E-state index in [1.54, 1.807) is 0 Å². The van der Waals surface area contributed by atoms with Gasteiger partial charge >= 0.3 is 17.9 Å². The molecule has 0 aromatic heterocycles. The van der Waals surface area contributed by atoms with Crippen LogP contribution < -0.4 is 0 Å². The van der Waals surface area contributed by atoms with E-state index >= 15 is 0 Å². The van der Waals surface area contributed by atoms with Crippen molar-refractivity contribution in [2.45, 2.75) is 322 Å². The number of esters is 3. The Kier molecular flexibility index (Phi) is 57.2. The molecule has 0 saturated heterocycles. The average molecular weight is 994 g/mol. The van der Waals surface area contributed by atoms with Crippen LogP contribution in [0.1, 0.15) is 316 Å². The number of hydrogen-bond acceptors (Lipinski definition) is 6. The number of rotatable bonds is 56. The molecule has 0 radical (unpaired) electrons. The Balaban J connectivity index is 4.24. The van der Waals surface area contributed by atoms with Crippen molar-refractivity contribution in [2.24, 2.45) is 0 Å². The standard InChI is InChI=1S/C65H116O6/c1-4-7-10-13-16-19-22-24-26-28-30-32-33-34-36-37-39-41-43-46-49-52-55-58-64(67)70-61-62(60-69-63(66)57-54-51-48-45-21-18-15-12-9-6-3)71-65(68)59-56-53-50-47-44-42-40-38-35-31-29-27-25-23-20-17-14-11-8-5-2/h7,10,12,15-16,19,24,26,30,32,62H,4-6,8-9,11,13-14,17-18,20-23,25,27-29,31,33-61H2,1-3H3/b10-7-,15-12-,19-16-,26-24-,32-30-. The van der Waals surface area contributed by atoms with Crippen LogP contribution in [-0.2, 0) is 28.6 Å². The van der Waals surface area contributed by atoms with Crippen LogP contribution in [0, 0.1) is 0 Å². The molecule has 0 aromatic rings. The molecule has 6 nitrogen and oxygen atoms in total. The van der Waals surface area contributed by atoms with E-state index in [9.17, 15) is 14.4 Å². The molecule has 0 bridgehead atoms. The zero-order valence-corrected chi connectivity index (χ0v) is 47.2. The van der Waals surface area contributed by atoms with Gasteiger partial charge in [0, 0.05) is 19.3 Å². The highest BCUT2D eigenvalue weighted by Crippen LogP contribution is 2.17. The first-order valence-electron chi connectivity index (χ1n) is 30.8. The van der Waals surface area contributed by atoms with Crippen LogP contribution in [0.3, 0.4) is 0 Å². The first-order valence-corrected chi connectivity index (χ1v) is 30.8. The molecule has 71 heavy (non-hydrogen) atoms. The van der Waals surface area contributed by atoms with Gasteiger partial charge in [0.1, 0.15) is 13.2 Å². The molecule has 6 heteroatoms. The van der Waals surface area contributed by atoms with Gasteiger partial charge in [-0.1, -0.05) is 281 Å². The third-order valence-electron chi connectivity index (χ3n) is 13.5. The highest BCUT2D eigenvalue weighted by atomic mass is 16.6. The maximum Gasteiger partial charge on any atom is 0.306 e. The Hall–Kier alpha value is -2.89. The Bertz CT molecular complexity index is 1280. The molecule has 0 spiro atoms. The van der Waals surface area contributed by atoms with Crippen molar-refractivity contribution >= 4 is 17.9 Å². The average Bonchev–Trinajstić information content (AvgIpc) is 3.37. The summed E-state index contributed by atoms with van der Waals surface area (Å²) in [7, 11) is 0. The largest absolute Gasteiger partial charge is 0.462 e. The minimum atomic E-state index is -0.777. The van der Waals surface area contributed by atoms with E-state index in [2.05, 4.69) is 81.5 Å². The van der Waals surface area contributed by atoms with E-state index in [1.165, 1.54) is 180 Å². The maximum absolute atomic E-state index is 12.9. The van der Waals surface area contributed by atoms with Crippen molar-refractivity contribution < 1.29 is 28.6 Å². The lowest BCUT2D eigenvalue weighted by Crippen LogP contribution is -2.30. The molecular formula is C65H116O6. The first-order chi connectivity index (χ1) is 35.0. The molecule has 0 heterocycles. The number of allylic oxidation sites excluding steroid dienone is 10. The fourth-order valence-corrected chi connectivity index (χ4v) is 8.91. The van der Waals surface area contributed by atoms with Crippen molar-refractivity contribution in [1.82, 2.24) is 0 Å². The summed E-state index contributed by atoms with van der Waals surface area (Å²) in [5, 5.41) is 0. The highest BCUT2D eigenvalue weighted by molar-refractivity contribution is 5.71. The van der Waals surface area contributed by atoms with Crippen LogP contribution in [0.15, 0.2) is 60.8 Å². The summed E-state index contributed by atoms with van der Waals surface area (Å²) in [6, 6.07) is 0. The van der Waals surface area contributed by atoms with Crippen molar-refractivity contribution in [2.75, 3.05) is 13.2 Å². The minimum Gasteiger partial charge on any atom is -0.462 e. The molecule has 412 valence electrons. The van der Waals surface area contributed by atoms with Gasteiger partial charge in [-0.15, -0.1) is 0 Å². The third kappa shape index (κ3) is 57.9. The topological polar surface area (TPSA) is 78.9 Å². The SMILES string of the molecule is CC/C=C\C/C=C\C/C=C\C/C=C\CCCCCCCCCCCCC(=O)OCC(COC(=O)CCCCCCC/C=C\CCC)OC(=O)CCCCCCCCCCCCCCCCCCCCCC. The predicted octanol–water partition coefficient (Wildman–Crippen LogP) is 20.8. The van der Waals surface area contributed by atoms with E-state index in [-0.39, 0.29) is 31.1 Å². The number of ether oxygens (including phenoxy) is 3. The lowest BCUT2D eigenvalue weighted by molar-refractivity contribution is -0.167. The quantitative estimate of drug-likeness (QED) is 0.0261. The Morgan fingerprint density at radius 3 is 0.930 bits per heavy atom. The molecule has 1 unspecified atom stereocenters. The van der Waals surface area contributed by atoms with E-state index in [0.717, 1.165) is 96.3 Å². The van der Waals surface area contributed by atoms with E-state index in [4.69, 9.17) is 14.2 Å². The van der Waals surface area contributed by atoms with Gasteiger partial charge in [-0.25, -0.2) is 0 Å². The fraction of sp³-hybridized carbons (Fsp3) is 0.800. The Labute approximate surface area is 440 Å². The van der Waals surface area contributed by atoms with Gasteiger partial charge < -0.3 is 14.2 Å². The van der Waals surface area contributed by atoms with Crippen molar-refractivity contribution in [3.8, 4) is 0 Å². The van der Waals surface area contributed by atoms with E-state index in [1.807, 2.05) is 0 Å². The molecule has 0 aliphatic rings. The van der Waals surface area contributed by atoms with E-state index in [0.29, 0.717) is 19.3 Å². The zero-order valence-electron chi connectivity index (χ0n) is 47.2. The van der Waals surface area contributed by atoms with Crippen molar-refractivity contribution in [3.05, 3.63) is 60.8 Å². The zero-order chi connectivity index (χ0) is 51.4. The van der Waals surface area contributed by atoms with Crippen molar-refractivity contribution in [1.29, 1.82) is 0 Å². The Morgan fingerprint density at radius 1 is 0.296 bits per heavy atom. The highest BCUT2D eigenvalue weighted by Gasteiger charge is 2.19. The lowest BCUT2D eigenvalue weighted by Gasteiger charge is -2.18. The predicted molar refractivity (Wildman–Crippen MR) is 307 cm³/mol. The van der Waals surface area contributed by atoms with Crippen LogP contribution in [0.4, 0.5) is 0 Å². The number of carbonyl (C=O) groups is 3. The monoisotopic (exact) mass is 993 g/mol. The summed E-state index contributed by atoms with van der Waals surface area (Å²) in [5.41, 5.74) is 0. The summed E-state index contributed by atoms with van der Waals surface area (Å²) in [4.78, 5) is 38.2. The van der Waals surface area contributed by atoms with Gasteiger partial charge in [-0.2, -0.15) is 0 Å². The molecular weight excluding hydrogens is 877 g/mol. The lowest BCUT2D eigenvalue weighted by atomic mass is 10.0. The summed E-state index contributed by atoms with van der Waals surface area (Å²) in [6.07, 6.45) is 75.2. The smallest absolute Gasteiger partial charge is 0.306 e. The fourth-order valence-electron chi connectivity index (χ4n) is 8.91. The molecule has 0 fully saturated rings. The van der Waals surface area contributed by atoms with Gasteiger partial charge in [-0.3, -0.25) is 14.4 Å². The molecule has 0 aliphatic carbocycles. The number of hydrogen-bond donors (Lipinski definition) is 0.